The molecular formula is C19H25IN4O3. The monoisotopic (exact) mass is 484 g/mol. The number of halogens is 1. The fourth-order valence-corrected chi connectivity index (χ4v) is 2.60. The first-order chi connectivity index (χ1) is 12.5. The number of nitro benzene ring substituents is 1. The maximum atomic E-state index is 10.8. The van der Waals surface area contributed by atoms with Gasteiger partial charge in [0.05, 0.1) is 12.0 Å². The van der Waals surface area contributed by atoms with Crippen molar-refractivity contribution in [3.63, 3.8) is 0 Å². The number of aryl methyl sites for hydroxylation is 1. The molecule has 0 aliphatic rings. The number of guanidine groups is 1. The molecule has 0 atom stereocenters. The minimum Gasteiger partial charge on any atom is -0.496 e. The maximum Gasteiger partial charge on any atom is 0.269 e. The van der Waals surface area contributed by atoms with E-state index in [1.54, 1.807) is 26.3 Å². The number of ether oxygens (including phenoxy) is 1. The van der Waals surface area contributed by atoms with Crippen LogP contribution in [-0.4, -0.2) is 31.6 Å². The van der Waals surface area contributed by atoms with Crippen molar-refractivity contribution >= 4 is 35.6 Å². The topological polar surface area (TPSA) is 88.8 Å². The molecule has 0 fully saturated rings. The van der Waals surface area contributed by atoms with Crippen LogP contribution in [0.1, 0.15) is 16.7 Å². The Balaban J connectivity index is 0.00000364. The third-order valence-corrected chi connectivity index (χ3v) is 3.93. The molecule has 0 unspecified atom stereocenters. The number of nitrogens with zero attached hydrogens (tertiary/aromatic N) is 2. The van der Waals surface area contributed by atoms with Gasteiger partial charge < -0.3 is 15.4 Å². The third kappa shape index (κ3) is 7.05. The summed E-state index contributed by atoms with van der Waals surface area (Å²) >= 11 is 0. The largest absolute Gasteiger partial charge is 0.496 e. The zero-order chi connectivity index (χ0) is 18.9. The average molecular weight is 484 g/mol. The molecule has 0 spiro atoms. The molecule has 2 aromatic carbocycles. The Morgan fingerprint density at radius 1 is 1.22 bits per heavy atom. The number of non-ortho nitro benzene ring substituents is 1. The van der Waals surface area contributed by atoms with E-state index in [-0.39, 0.29) is 29.7 Å². The van der Waals surface area contributed by atoms with Crippen LogP contribution in [0.15, 0.2) is 47.5 Å². The van der Waals surface area contributed by atoms with Crippen LogP contribution < -0.4 is 15.4 Å². The molecule has 146 valence electrons. The number of hydrogen-bond donors (Lipinski definition) is 2. The summed E-state index contributed by atoms with van der Waals surface area (Å²) in [6, 6.07) is 12.7. The first-order valence-corrected chi connectivity index (χ1v) is 8.35. The van der Waals surface area contributed by atoms with E-state index >= 15 is 0 Å². The lowest BCUT2D eigenvalue weighted by Gasteiger charge is -2.13. The molecule has 0 heterocycles. The smallest absolute Gasteiger partial charge is 0.269 e. The number of nitrogens with one attached hydrogen (secondary N) is 2. The second-order valence-electron chi connectivity index (χ2n) is 5.84. The molecule has 0 aliphatic carbocycles. The number of aliphatic imine (C=N–C) groups is 1. The van der Waals surface area contributed by atoms with Crippen molar-refractivity contribution < 1.29 is 9.66 Å². The van der Waals surface area contributed by atoms with Gasteiger partial charge in [0.2, 0.25) is 0 Å². The lowest BCUT2D eigenvalue weighted by molar-refractivity contribution is -0.384. The summed E-state index contributed by atoms with van der Waals surface area (Å²) in [7, 11) is 3.36. The van der Waals surface area contributed by atoms with Gasteiger partial charge in [-0.3, -0.25) is 15.1 Å². The maximum absolute atomic E-state index is 10.8. The molecule has 0 saturated heterocycles. The molecule has 0 saturated carbocycles. The van der Waals surface area contributed by atoms with E-state index in [0.29, 0.717) is 19.0 Å². The summed E-state index contributed by atoms with van der Waals surface area (Å²) < 4.78 is 5.39. The fraction of sp³-hybridized carbons (Fsp3) is 0.316. The van der Waals surface area contributed by atoms with Gasteiger partial charge in [0.15, 0.2) is 5.96 Å². The van der Waals surface area contributed by atoms with Gasteiger partial charge in [0.1, 0.15) is 5.75 Å². The van der Waals surface area contributed by atoms with Gasteiger partial charge in [0.25, 0.3) is 5.69 Å². The molecule has 2 N–H and O–H groups in total. The van der Waals surface area contributed by atoms with Crippen LogP contribution in [0.4, 0.5) is 5.69 Å². The number of hydrogen-bond acceptors (Lipinski definition) is 4. The van der Waals surface area contributed by atoms with Crippen LogP contribution in [0.3, 0.4) is 0 Å². The second-order valence-corrected chi connectivity index (χ2v) is 5.84. The van der Waals surface area contributed by atoms with Crippen molar-refractivity contribution in [1.82, 2.24) is 10.6 Å². The summed E-state index contributed by atoms with van der Waals surface area (Å²) in [4.78, 5) is 14.6. The van der Waals surface area contributed by atoms with Crippen LogP contribution in [0.5, 0.6) is 5.75 Å². The van der Waals surface area contributed by atoms with E-state index < -0.39 is 4.92 Å². The van der Waals surface area contributed by atoms with Crippen molar-refractivity contribution in [3.8, 4) is 5.75 Å². The van der Waals surface area contributed by atoms with Gasteiger partial charge in [-0.2, -0.15) is 0 Å². The van der Waals surface area contributed by atoms with Crippen LogP contribution >= 0.6 is 24.0 Å². The van der Waals surface area contributed by atoms with Crippen LogP contribution in [0.25, 0.3) is 0 Å². The summed E-state index contributed by atoms with van der Waals surface area (Å²) in [5.74, 6) is 1.51. The van der Waals surface area contributed by atoms with Gasteiger partial charge in [-0.1, -0.05) is 29.8 Å². The Kier molecular flexibility index (Phi) is 9.55. The van der Waals surface area contributed by atoms with E-state index in [4.69, 9.17) is 4.74 Å². The van der Waals surface area contributed by atoms with E-state index in [2.05, 4.69) is 28.6 Å². The average Bonchev–Trinajstić information content (AvgIpc) is 2.65. The minimum absolute atomic E-state index is 0. The van der Waals surface area contributed by atoms with E-state index in [1.807, 2.05) is 18.2 Å². The highest BCUT2D eigenvalue weighted by atomic mass is 127. The summed E-state index contributed by atoms with van der Waals surface area (Å²) in [5, 5.41) is 17.2. The van der Waals surface area contributed by atoms with Gasteiger partial charge in [-0.05, 0) is 30.5 Å². The Hall–Kier alpha value is -2.36. The van der Waals surface area contributed by atoms with E-state index in [1.165, 1.54) is 11.6 Å². The molecule has 2 rings (SSSR count). The lowest BCUT2D eigenvalue weighted by atomic mass is 10.1. The zero-order valence-corrected chi connectivity index (χ0v) is 18.0. The highest BCUT2D eigenvalue weighted by molar-refractivity contribution is 14.0. The van der Waals surface area contributed by atoms with Crippen molar-refractivity contribution in [2.24, 2.45) is 4.99 Å². The Morgan fingerprint density at radius 3 is 2.67 bits per heavy atom. The Morgan fingerprint density at radius 2 is 2.00 bits per heavy atom. The molecule has 0 aromatic heterocycles. The van der Waals surface area contributed by atoms with Crippen molar-refractivity contribution in [2.45, 2.75) is 19.9 Å². The van der Waals surface area contributed by atoms with Crippen LogP contribution in [0, 0.1) is 17.0 Å². The molecule has 0 radical (unpaired) electrons. The second kappa shape index (κ2) is 11.4. The SMILES string of the molecule is CN=C(NCCc1cc(C)ccc1OC)NCc1cccc([N+](=O)[O-])c1.I. The van der Waals surface area contributed by atoms with Gasteiger partial charge in [-0.25, -0.2) is 0 Å². The minimum atomic E-state index is -0.397. The number of nitro groups is 1. The molecule has 8 heteroatoms. The lowest BCUT2D eigenvalue weighted by Crippen LogP contribution is -2.37. The summed E-state index contributed by atoms with van der Waals surface area (Å²) in [6.07, 6.45) is 0.794. The van der Waals surface area contributed by atoms with E-state index in [0.717, 1.165) is 23.3 Å². The molecule has 27 heavy (non-hydrogen) atoms. The molecule has 0 bridgehead atoms. The van der Waals surface area contributed by atoms with Crippen LogP contribution in [0.2, 0.25) is 0 Å². The first kappa shape index (κ1) is 22.7. The number of benzene rings is 2. The van der Waals surface area contributed by atoms with E-state index in [9.17, 15) is 10.1 Å². The third-order valence-electron chi connectivity index (χ3n) is 3.93. The predicted molar refractivity (Wildman–Crippen MR) is 118 cm³/mol. The Labute approximate surface area is 176 Å². The molecule has 0 amide bonds. The predicted octanol–water partition coefficient (Wildman–Crippen LogP) is 3.44. The van der Waals surface area contributed by atoms with Crippen molar-refractivity contribution in [2.75, 3.05) is 20.7 Å². The van der Waals surface area contributed by atoms with Crippen molar-refractivity contribution in [1.29, 1.82) is 0 Å². The quantitative estimate of drug-likeness (QED) is 0.207. The number of methoxy groups -OCH3 is 1. The Bertz CT molecular complexity index is 796. The fourth-order valence-electron chi connectivity index (χ4n) is 2.60. The number of rotatable bonds is 7. The molecule has 0 aliphatic heterocycles. The van der Waals surface area contributed by atoms with Crippen LogP contribution in [-0.2, 0) is 13.0 Å². The zero-order valence-electron chi connectivity index (χ0n) is 15.7. The summed E-state index contributed by atoms with van der Waals surface area (Å²) in [6.45, 7) is 3.19. The molecule has 7 nitrogen and oxygen atoms in total. The van der Waals surface area contributed by atoms with Crippen molar-refractivity contribution in [3.05, 3.63) is 69.3 Å². The van der Waals surface area contributed by atoms with Gasteiger partial charge >= 0.3 is 0 Å². The van der Waals surface area contributed by atoms with Gasteiger partial charge in [-0.15, -0.1) is 24.0 Å². The molecule has 2 aromatic rings. The standard InChI is InChI=1S/C19H24N4O3.HI/c1-14-7-8-18(26-3)16(11-14)9-10-21-19(20-2)22-13-15-5-4-6-17(12-15)23(24)25;/h4-8,11-12H,9-10,13H2,1-3H3,(H2,20,21,22);1H. The summed E-state index contributed by atoms with van der Waals surface area (Å²) in [5.41, 5.74) is 3.23. The highest BCUT2D eigenvalue weighted by Gasteiger charge is 2.07. The normalized spacial score (nSPS) is 10.7. The van der Waals surface area contributed by atoms with Gasteiger partial charge in [0, 0.05) is 32.3 Å². The molecular weight excluding hydrogens is 459 g/mol. The highest BCUT2D eigenvalue weighted by Crippen LogP contribution is 2.19. The first-order valence-electron chi connectivity index (χ1n) is 8.35.